The average Bonchev–Trinajstić information content (AvgIpc) is 2.99. The summed E-state index contributed by atoms with van der Waals surface area (Å²) in [4.78, 5) is 14.1. The zero-order valence-corrected chi connectivity index (χ0v) is 15.5. The number of thioether (sulfide) groups is 1. The Bertz CT molecular complexity index is 759. The molecule has 0 bridgehead atoms. The van der Waals surface area contributed by atoms with E-state index in [0.717, 1.165) is 23.9 Å². The van der Waals surface area contributed by atoms with Crippen molar-refractivity contribution in [2.45, 2.75) is 25.2 Å². The van der Waals surface area contributed by atoms with Crippen molar-refractivity contribution in [3.05, 3.63) is 30.1 Å². The summed E-state index contributed by atoms with van der Waals surface area (Å²) in [6.45, 7) is 5.02. The Kier molecular flexibility index (Phi) is 6.52. The molecule has 142 valence electrons. The van der Waals surface area contributed by atoms with Gasteiger partial charge in [-0.15, -0.1) is 10.2 Å². The van der Waals surface area contributed by atoms with E-state index in [-0.39, 0.29) is 11.4 Å². The number of hydrogen-bond donors (Lipinski definition) is 1. The summed E-state index contributed by atoms with van der Waals surface area (Å²) in [5, 5.41) is 10.7. The number of benzene rings is 1. The van der Waals surface area contributed by atoms with Gasteiger partial charge in [-0.3, -0.25) is 4.79 Å². The highest BCUT2D eigenvalue weighted by Crippen LogP contribution is 2.35. The number of halogens is 3. The smallest absolute Gasteiger partial charge is 0.370 e. The molecule has 0 saturated carbocycles. The molecule has 0 unspecified atom stereocenters. The Balaban J connectivity index is 2.21. The second kappa shape index (κ2) is 8.43. The Morgan fingerprint density at radius 3 is 2.54 bits per heavy atom. The highest BCUT2D eigenvalue weighted by molar-refractivity contribution is 7.99. The summed E-state index contributed by atoms with van der Waals surface area (Å²) < 4.78 is 40.8. The number of rotatable bonds is 7. The van der Waals surface area contributed by atoms with Gasteiger partial charge in [0, 0.05) is 20.1 Å². The first-order chi connectivity index (χ1) is 12.3. The molecule has 0 aliphatic heterocycles. The van der Waals surface area contributed by atoms with Gasteiger partial charge in [0.15, 0.2) is 5.16 Å². The zero-order chi connectivity index (χ0) is 19.3. The average molecular weight is 387 g/mol. The van der Waals surface area contributed by atoms with Crippen LogP contribution >= 0.6 is 11.8 Å². The van der Waals surface area contributed by atoms with Crippen LogP contribution in [-0.4, -0.2) is 39.5 Å². The first-order valence-corrected chi connectivity index (χ1v) is 8.97. The molecular weight excluding hydrogens is 367 g/mol. The lowest BCUT2D eigenvalue weighted by Crippen LogP contribution is -2.25. The molecule has 6 nitrogen and oxygen atoms in total. The number of alkyl halides is 3. The Hall–Kier alpha value is -2.23. The van der Waals surface area contributed by atoms with Gasteiger partial charge in [0.05, 0.1) is 22.7 Å². The molecule has 2 aromatic rings. The van der Waals surface area contributed by atoms with Crippen LogP contribution < -0.4 is 10.2 Å². The lowest BCUT2D eigenvalue weighted by molar-refractivity contribution is -0.137. The Labute approximate surface area is 153 Å². The summed E-state index contributed by atoms with van der Waals surface area (Å²) in [5.74, 6) is -0.397. The van der Waals surface area contributed by atoms with Gasteiger partial charge < -0.3 is 14.8 Å². The third-order valence-corrected chi connectivity index (χ3v) is 4.74. The molecule has 26 heavy (non-hydrogen) atoms. The molecule has 0 saturated heterocycles. The van der Waals surface area contributed by atoms with E-state index in [1.807, 2.05) is 18.7 Å². The lowest BCUT2D eigenvalue weighted by atomic mass is 10.1. The van der Waals surface area contributed by atoms with Crippen LogP contribution in [0.4, 0.5) is 24.5 Å². The standard InChI is InChI=1S/C16H20F3N5OS/c1-4-24(5-2)13-7-6-11(16(17,18)19)8-12(13)21-14(25)9-26-15-22-20-10-23(15)3/h6-8,10H,4-5,9H2,1-3H3,(H,21,25). The van der Waals surface area contributed by atoms with E-state index in [4.69, 9.17) is 0 Å². The van der Waals surface area contributed by atoms with Crippen molar-refractivity contribution in [2.24, 2.45) is 7.05 Å². The highest BCUT2D eigenvalue weighted by Gasteiger charge is 2.31. The van der Waals surface area contributed by atoms with E-state index in [1.54, 1.807) is 11.6 Å². The minimum absolute atomic E-state index is 0.0144. The number of nitrogens with zero attached hydrogens (tertiary/aromatic N) is 4. The monoisotopic (exact) mass is 387 g/mol. The van der Waals surface area contributed by atoms with Crippen LogP contribution in [0, 0.1) is 0 Å². The SMILES string of the molecule is CCN(CC)c1ccc(C(F)(F)F)cc1NC(=O)CSc1nncn1C. The largest absolute Gasteiger partial charge is 0.416 e. The molecule has 0 aliphatic carbocycles. The Morgan fingerprint density at radius 2 is 2.00 bits per heavy atom. The van der Waals surface area contributed by atoms with Crippen LogP contribution in [0.5, 0.6) is 0 Å². The number of carbonyl (C=O) groups excluding carboxylic acids is 1. The minimum atomic E-state index is -4.48. The van der Waals surface area contributed by atoms with Gasteiger partial charge in [0.1, 0.15) is 6.33 Å². The first-order valence-electron chi connectivity index (χ1n) is 7.99. The molecule has 0 spiro atoms. The molecule has 1 aromatic heterocycles. The number of amides is 1. The summed E-state index contributed by atoms with van der Waals surface area (Å²) in [6, 6.07) is 3.39. The molecule has 1 amide bonds. The van der Waals surface area contributed by atoms with Crippen molar-refractivity contribution < 1.29 is 18.0 Å². The first kappa shape index (κ1) is 20.1. The van der Waals surface area contributed by atoms with Crippen molar-refractivity contribution >= 4 is 29.0 Å². The van der Waals surface area contributed by atoms with E-state index in [0.29, 0.717) is 23.9 Å². The minimum Gasteiger partial charge on any atom is -0.370 e. The number of carbonyl (C=O) groups is 1. The maximum atomic E-state index is 13.0. The molecule has 1 heterocycles. The fourth-order valence-electron chi connectivity index (χ4n) is 2.37. The quantitative estimate of drug-likeness (QED) is 0.738. The molecule has 0 fully saturated rings. The van der Waals surface area contributed by atoms with Crippen LogP contribution in [0.15, 0.2) is 29.7 Å². The molecule has 0 atom stereocenters. The third-order valence-electron chi connectivity index (χ3n) is 3.70. The number of hydrogen-bond acceptors (Lipinski definition) is 5. The molecule has 10 heteroatoms. The van der Waals surface area contributed by atoms with E-state index in [9.17, 15) is 18.0 Å². The van der Waals surface area contributed by atoms with Gasteiger partial charge >= 0.3 is 6.18 Å². The van der Waals surface area contributed by atoms with Crippen molar-refractivity contribution in [1.82, 2.24) is 14.8 Å². The molecular formula is C16H20F3N5OS. The van der Waals surface area contributed by atoms with Gasteiger partial charge in [-0.25, -0.2) is 0 Å². The van der Waals surface area contributed by atoms with E-state index in [1.165, 1.54) is 12.4 Å². The molecule has 2 rings (SSSR count). The summed E-state index contributed by atoms with van der Waals surface area (Å²) in [7, 11) is 1.74. The second-order valence-corrected chi connectivity index (χ2v) is 6.41. The van der Waals surface area contributed by atoms with Crippen LogP contribution in [0.2, 0.25) is 0 Å². The molecule has 0 radical (unpaired) electrons. The zero-order valence-electron chi connectivity index (χ0n) is 14.7. The summed E-state index contributed by atoms with van der Waals surface area (Å²) in [6.07, 6.45) is -2.97. The number of aromatic nitrogens is 3. The molecule has 1 aromatic carbocycles. The van der Waals surface area contributed by atoms with Gasteiger partial charge in [0.2, 0.25) is 5.91 Å². The molecule has 0 aliphatic rings. The van der Waals surface area contributed by atoms with E-state index >= 15 is 0 Å². The van der Waals surface area contributed by atoms with Crippen LogP contribution in [0.25, 0.3) is 0 Å². The number of nitrogens with one attached hydrogen (secondary N) is 1. The van der Waals surface area contributed by atoms with Gasteiger partial charge in [-0.1, -0.05) is 11.8 Å². The summed E-state index contributed by atoms with van der Waals surface area (Å²) in [5.41, 5.74) is -0.100. The fraction of sp³-hybridized carbons (Fsp3) is 0.438. The maximum Gasteiger partial charge on any atom is 0.416 e. The fourth-order valence-corrected chi connectivity index (χ4v) is 3.06. The summed E-state index contributed by atoms with van der Waals surface area (Å²) >= 11 is 1.16. The van der Waals surface area contributed by atoms with E-state index in [2.05, 4.69) is 15.5 Å². The maximum absolute atomic E-state index is 13.0. The van der Waals surface area contributed by atoms with Gasteiger partial charge in [-0.05, 0) is 32.0 Å². The second-order valence-electron chi connectivity index (χ2n) is 5.46. The van der Waals surface area contributed by atoms with Gasteiger partial charge in [0.25, 0.3) is 0 Å². The van der Waals surface area contributed by atoms with Crippen molar-refractivity contribution in [2.75, 3.05) is 29.1 Å². The van der Waals surface area contributed by atoms with Crippen molar-refractivity contribution in [1.29, 1.82) is 0 Å². The van der Waals surface area contributed by atoms with Gasteiger partial charge in [-0.2, -0.15) is 13.2 Å². The van der Waals surface area contributed by atoms with Crippen LogP contribution in [-0.2, 0) is 18.0 Å². The highest BCUT2D eigenvalue weighted by atomic mass is 32.2. The normalized spacial score (nSPS) is 11.5. The topological polar surface area (TPSA) is 63.1 Å². The predicted molar refractivity (Wildman–Crippen MR) is 95.4 cm³/mol. The molecule has 1 N–H and O–H groups in total. The van der Waals surface area contributed by atoms with E-state index < -0.39 is 17.6 Å². The van der Waals surface area contributed by atoms with Crippen LogP contribution in [0.3, 0.4) is 0 Å². The number of aryl methyl sites for hydroxylation is 1. The van der Waals surface area contributed by atoms with Crippen molar-refractivity contribution in [3.8, 4) is 0 Å². The predicted octanol–water partition coefficient (Wildman–Crippen LogP) is 3.41. The van der Waals surface area contributed by atoms with Crippen LogP contribution in [0.1, 0.15) is 19.4 Å². The van der Waals surface area contributed by atoms with Crippen molar-refractivity contribution in [3.63, 3.8) is 0 Å². The lowest BCUT2D eigenvalue weighted by Gasteiger charge is -2.25. The Morgan fingerprint density at radius 1 is 1.31 bits per heavy atom. The number of anilines is 2. The third kappa shape index (κ3) is 4.90.